The van der Waals surface area contributed by atoms with Crippen LogP contribution in [-0.2, 0) is 0 Å². The molecule has 0 saturated carbocycles. The fraction of sp³-hybridized carbons (Fsp3) is 0. The number of carbonyl (C=O) groups excluding carboxylic acids is 1. The third kappa shape index (κ3) is 3.64. The van der Waals surface area contributed by atoms with Gasteiger partial charge in [0.25, 0.3) is 5.69 Å². The lowest BCUT2D eigenvalue weighted by Gasteiger charge is -2.06. The molecule has 0 aliphatic rings. The highest BCUT2D eigenvalue weighted by atomic mass is 16.6. The lowest BCUT2D eigenvalue weighted by Crippen LogP contribution is -1.97. The summed E-state index contributed by atoms with van der Waals surface area (Å²) in [5.41, 5.74) is 1.81. The highest BCUT2D eigenvalue weighted by Gasteiger charge is 2.08. The van der Waals surface area contributed by atoms with E-state index in [-0.39, 0.29) is 17.2 Å². The number of nitrogens with zero attached hydrogens (tertiary/aromatic N) is 2. The molecule has 25 heavy (non-hydrogen) atoms. The summed E-state index contributed by atoms with van der Waals surface area (Å²) in [4.78, 5) is 22.7. The number of rotatable bonds is 5. The van der Waals surface area contributed by atoms with Crippen LogP contribution in [0.15, 0.2) is 72.9 Å². The molecule has 1 N–H and O–H groups in total. The number of phenols is 1. The zero-order valence-electron chi connectivity index (χ0n) is 13.1. The molecule has 6 nitrogen and oxygen atoms in total. The maximum absolute atomic E-state index is 12.2. The molecule has 0 radical (unpaired) electrons. The summed E-state index contributed by atoms with van der Waals surface area (Å²) in [6, 6.07) is 15.9. The van der Waals surface area contributed by atoms with Crippen LogP contribution in [0.3, 0.4) is 0 Å². The second-order valence-electron chi connectivity index (χ2n) is 5.32. The molecular weight excluding hydrogens is 320 g/mol. The van der Waals surface area contributed by atoms with Crippen molar-refractivity contribution in [1.82, 2.24) is 4.57 Å². The van der Waals surface area contributed by atoms with Crippen molar-refractivity contribution < 1.29 is 14.8 Å². The molecule has 0 bridgehead atoms. The van der Waals surface area contributed by atoms with E-state index in [1.807, 2.05) is 0 Å². The molecule has 124 valence electrons. The van der Waals surface area contributed by atoms with Gasteiger partial charge in [-0.15, -0.1) is 0 Å². The monoisotopic (exact) mass is 334 g/mol. The standard InChI is InChI=1S/C19H14N2O4/c22-18-9-6-14(7-10-18)19(23)11-8-15-5-2-12-20(15)16-3-1-4-17(13-16)21(24)25/h1-13,22H/b11-8+. The first-order valence-corrected chi connectivity index (χ1v) is 7.48. The lowest BCUT2D eigenvalue weighted by atomic mass is 10.1. The number of benzene rings is 2. The molecule has 1 heterocycles. The Hall–Kier alpha value is -3.67. The van der Waals surface area contributed by atoms with Crippen LogP contribution in [0.25, 0.3) is 11.8 Å². The summed E-state index contributed by atoms with van der Waals surface area (Å²) in [6.07, 6.45) is 4.84. The maximum atomic E-state index is 12.2. The van der Waals surface area contributed by atoms with E-state index in [0.29, 0.717) is 16.9 Å². The SMILES string of the molecule is O=C(/C=C/c1cccn1-c1cccc([N+](=O)[O-])c1)c1ccc(O)cc1. The second kappa shape index (κ2) is 6.84. The van der Waals surface area contributed by atoms with Gasteiger partial charge >= 0.3 is 0 Å². The number of hydrogen-bond acceptors (Lipinski definition) is 4. The van der Waals surface area contributed by atoms with Crippen molar-refractivity contribution in [3.8, 4) is 11.4 Å². The van der Waals surface area contributed by atoms with Gasteiger partial charge in [0.1, 0.15) is 5.75 Å². The van der Waals surface area contributed by atoms with Crippen LogP contribution in [0.2, 0.25) is 0 Å². The minimum Gasteiger partial charge on any atom is -0.508 e. The number of allylic oxidation sites excluding steroid dienone is 1. The Morgan fingerprint density at radius 3 is 2.56 bits per heavy atom. The molecule has 3 aromatic rings. The minimum absolute atomic E-state index is 0.00120. The smallest absolute Gasteiger partial charge is 0.271 e. The van der Waals surface area contributed by atoms with Gasteiger partial charge in [-0.1, -0.05) is 6.07 Å². The first-order valence-electron chi connectivity index (χ1n) is 7.48. The Bertz CT molecular complexity index is 956. The van der Waals surface area contributed by atoms with Crippen LogP contribution < -0.4 is 0 Å². The molecule has 0 atom stereocenters. The number of aromatic nitrogens is 1. The number of phenolic OH excluding ortho intramolecular Hbond substituents is 1. The van der Waals surface area contributed by atoms with Crippen molar-refractivity contribution in [3.05, 3.63) is 94.3 Å². The Morgan fingerprint density at radius 1 is 1.08 bits per heavy atom. The van der Waals surface area contributed by atoms with Crippen LogP contribution in [-0.4, -0.2) is 20.4 Å². The summed E-state index contributed by atoms with van der Waals surface area (Å²) in [7, 11) is 0. The third-order valence-corrected chi connectivity index (χ3v) is 3.66. The van der Waals surface area contributed by atoms with E-state index < -0.39 is 4.92 Å². The molecule has 0 saturated heterocycles. The van der Waals surface area contributed by atoms with Crippen molar-refractivity contribution in [2.75, 3.05) is 0 Å². The Kier molecular flexibility index (Phi) is 4.43. The van der Waals surface area contributed by atoms with E-state index >= 15 is 0 Å². The van der Waals surface area contributed by atoms with Gasteiger partial charge in [0.05, 0.1) is 10.6 Å². The molecule has 6 heteroatoms. The fourth-order valence-corrected chi connectivity index (χ4v) is 2.40. The normalized spacial score (nSPS) is 10.9. The molecule has 0 fully saturated rings. The van der Waals surface area contributed by atoms with Crippen LogP contribution in [0.5, 0.6) is 5.75 Å². The van der Waals surface area contributed by atoms with Gasteiger partial charge in [0.15, 0.2) is 5.78 Å². The molecule has 0 amide bonds. The minimum atomic E-state index is -0.448. The Labute approximate surface area is 143 Å². The highest BCUT2D eigenvalue weighted by molar-refractivity contribution is 6.06. The predicted molar refractivity (Wildman–Crippen MR) is 93.9 cm³/mol. The number of carbonyl (C=O) groups is 1. The largest absolute Gasteiger partial charge is 0.508 e. The molecule has 3 rings (SSSR count). The van der Waals surface area contributed by atoms with Crippen LogP contribution in [0, 0.1) is 10.1 Å². The molecule has 0 spiro atoms. The number of aromatic hydroxyl groups is 1. The second-order valence-corrected chi connectivity index (χ2v) is 5.32. The van der Waals surface area contributed by atoms with E-state index in [4.69, 9.17) is 0 Å². The number of nitro groups is 1. The topological polar surface area (TPSA) is 85.4 Å². The van der Waals surface area contributed by atoms with Gasteiger partial charge in [-0.25, -0.2) is 0 Å². The van der Waals surface area contributed by atoms with E-state index in [2.05, 4.69) is 0 Å². The number of ketones is 1. The predicted octanol–water partition coefficient (Wildman–Crippen LogP) is 3.99. The molecule has 2 aromatic carbocycles. The summed E-state index contributed by atoms with van der Waals surface area (Å²) >= 11 is 0. The van der Waals surface area contributed by atoms with Crippen LogP contribution >= 0.6 is 0 Å². The van der Waals surface area contributed by atoms with Crippen LogP contribution in [0.4, 0.5) is 5.69 Å². The number of non-ortho nitro benzene ring substituents is 1. The first-order chi connectivity index (χ1) is 12.0. The first kappa shape index (κ1) is 16.2. The summed E-state index contributed by atoms with van der Waals surface area (Å²) in [6.45, 7) is 0. The fourth-order valence-electron chi connectivity index (χ4n) is 2.40. The van der Waals surface area contributed by atoms with Crippen molar-refractivity contribution in [2.24, 2.45) is 0 Å². The van der Waals surface area contributed by atoms with Crippen molar-refractivity contribution in [1.29, 1.82) is 0 Å². The quantitative estimate of drug-likeness (QED) is 0.331. The van der Waals surface area contributed by atoms with E-state index in [1.54, 1.807) is 53.2 Å². The van der Waals surface area contributed by atoms with E-state index in [1.165, 1.54) is 30.3 Å². The summed E-state index contributed by atoms with van der Waals surface area (Å²) in [5.74, 6) is -0.105. The van der Waals surface area contributed by atoms with Gasteiger partial charge in [0, 0.05) is 29.6 Å². The molecule has 0 aliphatic carbocycles. The average molecular weight is 334 g/mol. The van der Waals surface area contributed by atoms with E-state index in [0.717, 1.165) is 0 Å². The Morgan fingerprint density at radius 2 is 1.84 bits per heavy atom. The van der Waals surface area contributed by atoms with Gasteiger partial charge in [-0.05, 0) is 54.6 Å². The van der Waals surface area contributed by atoms with E-state index in [9.17, 15) is 20.0 Å². The zero-order chi connectivity index (χ0) is 17.8. The summed E-state index contributed by atoms with van der Waals surface area (Å²) < 4.78 is 1.76. The maximum Gasteiger partial charge on any atom is 0.271 e. The number of hydrogen-bond donors (Lipinski definition) is 1. The molecule has 0 unspecified atom stereocenters. The lowest BCUT2D eigenvalue weighted by molar-refractivity contribution is -0.384. The summed E-state index contributed by atoms with van der Waals surface area (Å²) in [5, 5.41) is 20.2. The zero-order valence-corrected chi connectivity index (χ0v) is 13.1. The molecule has 0 aliphatic heterocycles. The van der Waals surface area contributed by atoms with Gasteiger partial charge in [0.2, 0.25) is 0 Å². The van der Waals surface area contributed by atoms with Gasteiger partial charge in [-0.2, -0.15) is 0 Å². The average Bonchev–Trinajstić information content (AvgIpc) is 3.09. The van der Waals surface area contributed by atoms with Gasteiger partial charge < -0.3 is 9.67 Å². The van der Waals surface area contributed by atoms with Gasteiger partial charge in [-0.3, -0.25) is 14.9 Å². The number of nitro benzene ring substituents is 1. The molecule has 1 aromatic heterocycles. The molecular formula is C19H14N2O4. The third-order valence-electron chi connectivity index (χ3n) is 3.66. The van der Waals surface area contributed by atoms with Crippen LogP contribution in [0.1, 0.15) is 16.1 Å². The Balaban J connectivity index is 1.87. The highest BCUT2D eigenvalue weighted by Crippen LogP contribution is 2.20. The van der Waals surface area contributed by atoms with Crippen molar-refractivity contribution >= 4 is 17.5 Å². The van der Waals surface area contributed by atoms with Crippen molar-refractivity contribution in [3.63, 3.8) is 0 Å². The van der Waals surface area contributed by atoms with Crippen molar-refractivity contribution in [2.45, 2.75) is 0 Å².